The van der Waals surface area contributed by atoms with Gasteiger partial charge in [0, 0.05) is 32.0 Å². The Morgan fingerprint density at radius 3 is 2.79 bits per heavy atom. The van der Waals surface area contributed by atoms with E-state index in [1.165, 1.54) is 12.5 Å². The fraction of sp³-hybridized carbons (Fsp3) is 0.571. The van der Waals surface area contributed by atoms with Gasteiger partial charge in [-0.3, -0.25) is 4.79 Å². The van der Waals surface area contributed by atoms with Gasteiger partial charge in [0.2, 0.25) is 5.91 Å². The largest absolute Gasteiger partial charge is 0.416 e. The summed E-state index contributed by atoms with van der Waals surface area (Å²) in [5.74, 6) is 1.99. The van der Waals surface area contributed by atoms with Crippen molar-refractivity contribution in [3.63, 3.8) is 0 Å². The molecule has 1 amide bonds. The molecule has 0 radical (unpaired) electrons. The molecule has 2 aromatic rings. The van der Waals surface area contributed by atoms with Crippen LogP contribution in [0.25, 0.3) is 0 Å². The highest BCUT2D eigenvalue weighted by molar-refractivity contribution is 5.79. The third-order valence-electron chi connectivity index (χ3n) is 5.89. The van der Waals surface area contributed by atoms with Crippen molar-refractivity contribution in [3.8, 4) is 0 Å². The number of rotatable bonds is 3. The minimum atomic E-state index is -4.40. The molecule has 1 saturated heterocycles. The number of aromatic nitrogens is 3. The summed E-state index contributed by atoms with van der Waals surface area (Å²) >= 11 is 0. The summed E-state index contributed by atoms with van der Waals surface area (Å²) in [5.41, 5.74) is -0.325. The van der Waals surface area contributed by atoms with E-state index in [0.29, 0.717) is 18.7 Å². The van der Waals surface area contributed by atoms with Crippen molar-refractivity contribution >= 4 is 5.91 Å². The number of carbonyl (C=O) groups is 1. The van der Waals surface area contributed by atoms with E-state index in [0.717, 1.165) is 62.4 Å². The zero-order chi connectivity index (χ0) is 20.4. The highest BCUT2D eigenvalue weighted by atomic mass is 19.4. The van der Waals surface area contributed by atoms with Gasteiger partial charge >= 0.3 is 6.18 Å². The van der Waals surface area contributed by atoms with Gasteiger partial charge in [0.1, 0.15) is 11.6 Å². The predicted molar refractivity (Wildman–Crippen MR) is 101 cm³/mol. The number of piperidine rings is 1. The van der Waals surface area contributed by atoms with E-state index in [-0.39, 0.29) is 18.2 Å². The highest BCUT2D eigenvalue weighted by Gasteiger charge is 2.32. The summed E-state index contributed by atoms with van der Waals surface area (Å²) in [4.78, 5) is 14.6. The molecule has 2 aliphatic rings. The summed E-state index contributed by atoms with van der Waals surface area (Å²) in [5, 5.41) is 8.79. The standard InChI is InChI=1S/C21H25F3N4O/c22-21(23,24)17-8-4-6-15(12-17)13-19(29)27-10-5-7-16(14-27)20-26-25-18-9-2-1-3-11-28(18)20/h4,6,8,12,16H,1-3,5,7,9-11,13-14H2. The van der Waals surface area contributed by atoms with Gasteiger partial charge in [0.05, 0.1) is 12.0 Å². The Kier molecular flexibility index (Phi) is 5.61. The number of carbonyl (C=O) groups excluding carboxylic acids is 1. The third kappa shape index (κ3) is 4.46. The van der Waals surface area contributed by atoms with Crippen molar-refractivity contribution in [1.29, 1.82) is 0 Å². The highest BCUT2D eigenvalue weighted by Crippen LogP contribution is 2.31. The number of halogens is 3. The van der Waals surface area contributed by atoms with E-state index in [1.54, 1.807) is 11.0 Å². The topological polar surface area (TPSA) is 51.0 Å². The van der Waals surface area contributed by atoms with Gasteiger partial charge in [-0.05, 0) is 37.3 Å². The monoisotopic (exact) mass is 406 g/mol. The Morgan fingerprint density at radius 1 is 1.10 bits per heavy atom. The first-order valence-electron chi connectivity index (χ1n) is 10.3. The Hall–Kier alpha value is -2.38. The van der Waals surface area contributed by atoms with Crippen molar-refractivity contribution in [3.05, 3.63) is 47.0 Å². The first-order valence-corrected chi connectivity index (χ1v) is 10.3. The number of likely N-dealkylation sites (tertiary alicyclic amines) is 1. The molecule has 1 fully saturated rings. The van der Waals surface area contributed by atoms with E-state index in [9.17, 15) is 18.0 Å². The zero-order valence-corrected chi connectivity index (χ0v) is 16.3. The minimum Gasteiger partial charge on any atom is -0.342 e. The quantitative estimate of drug-likeness (QED) is 0.775. The maximum atomic E-state index is 12.9. The van der Waals surface area contributed by atoms with E-state index in [4.69, 9.17) is 0 Å². The summed E-state index contributed by atoms with van der Waals surface area (Å²) in [6.07, 6.45) is 1.77. The normalized spacial score (nSPS) is 20.2. The Bertz CT molecular complexity index is 877. The molecule has 8 heteroatoms. The van der Waals surface area contributed by atoms with Gasteiger partial charge in [0.25, 0.3) is 0 Å². The van der Waals surface area contributed by atoms with Crippen LogP contribution >= 0.6 is 0 Å². The molecule has 0 N–H and O–H groups in total. The van der Waals surface area contributed by atoms with Crippen LogP contribution in [0.3, 0.4) is 0 Å². The molecule has 3 heterocycles. The van der Waals surface area contributed by atoms with Crippen LogP contribution in [0.1, 0.15) is 60.8 Å². The van der Waals surface area contributed by atoms with Crippen LogP contribution in [0, 0.1) is 0 Å². The van der Waals surface area contributed by atoms with Gasteiger partial charge in [0.15, 0.2) is 0 Å². The zero-order valence-electron chi connectivity index (χ0n) is 16.3. The molecule has 2 aliphatic heterocycles. The van der Waals surface area contributed by atoms with Crippen LogP contribution in [0.5, 0.6) is 0 Å². The molecule has 0 aliphatic carbocycles. The van der Waals surface area contributed by atoms with E-state index in [1.807, 2.05) is 0 Å². The smallest absolute Gasteiger partial charge is 0.342 e. The van der Waals surface area contributed by atoms with Gasteiger partial charge in [-0.15, -0.1) is 10.2 Å². The third-order valence-corrected chi connectivity index (χ3v) is 5.89. The van der Waals surface area contributed by atoms with Crippen LogP contribution in [-0.2, 0) is 30.4 Å². The van der Waals surface area contributed by atoms with Crippen molar-refractivity contribution in [2.45, 2.75) is 63.6 Å². The number of hydrogen-bond donors (Lipinski definition) is 0. The molecule has 29 heavy (non-hydrogen) atoms. The number of hydrogen-bond acceptors (Lipinski definition) is 3. The molecule has 0 saturated carbocycles. The van der Waals surface area contributed by atoms with E-state index < -0.39 is 11.7 Å². The van der Waals surface area contributed by atoms with Crippen molar-refractivity contribution < 1.29 is 18.0 Å². The van der Waals surface area contributed by atoms with Crippen LogP contribution in [0.2, 0.25) is 0 Å². The summed E-state index contributed by atoms with van der Waals surface area (Å²) in [6.45, 7) is 2.11. The Balaban J connectivity index is 1.45. The summed E-state index contributed by atoms with van der Waals surface area (Å²) < 4.78 is 41.0. The minimum absolute atomic E-state index is 0.0193. The first kappa shape index (κ1) is 19.9. The second-order valence-electron chi connectivity index (χ2n) is 7.99. The molecule has 4 rings (SSSR count). The van der Waals surface area contributed by atoms with Crippen molar-refractivity contribution in [2.24, 2.45) is 0 Å². The Labute approximate surface area is 167 Å². The molecular weight excluding hydrogens is 381 g/mol. The Morgan fingerprint density at radius 2 is 1.97 bits per heavy atom. The molecule has 1 atom stereocenters. The second-order valence-corrected chi connectivity index (χ2v) is 7.99. The molecular formula is C21H25F3N4O. The van der Waals surface area contributed by atoms with Crippen molar-refractivity contribution in [1.82, 2.24) is 19.7 Å². The SMILES string of the molecule is O=C(Cc1cccc(C(F)(F)F)c1)N1CCCC(c2nnc3n2CCCCC3)C1. The average Bonchev–Trinajstić information content (AvgIpc) is 2.96. The molecule has 1 aromatic carbocycles. The maximum absolute atomic E-state index is 12.9. The fourth-order valence-corrected chi connectivity index (χ4v) is 4.37. The van der Waals surface area contributed by atoms with Gasteiger partial charge in [-0.2, -0.15) is 13.2 Å². The molecule has 5 nitrogen and oxygen atoms in total. The number of benzene rings is 1. The number of aryl methyl sites for hydroxylation is 1. The second kappa shape index (κ2) is 8.16. The van der Waals surface area contributed by atoms with Gasteiger partial charge in [-0.25, -0.2) is 0 Å². The average molecular weight is 406 g/mol. The molecule has 0 spiro atoms. The molecule has 156 valence electrons. The first-order chi connectivity index (χ1) is 13.9. The van der Waals surface area contributed by atoms with Gasteiger partial charge < -0.3 is 9.47 Å². The van der Waals surface area contributed by atoms with Crippen LogP contribution in [0.15, 0.2) is 24.3 Å². The van der Waals surface area contributed by atoms with E-state index >= 15 is 0 Å². The number of amides is 1. The summed E-state index contributed by atoms with van der Waals surface area (Å²) in [6, 6.07) is 5.03. The van der Waals surface area contributed by atoms with Gasteiger partial charge in [-0.1, -0.05) is 24.6 Å². The van der Waals surface area contributed by atoms with Crippen LogP contribution in [0.4, 0.5) is 13.2 Å². The molecule has 0 bridgehead atoms. The number of fused-ring (bicyclic) bond motifs is 1. The van der Waals surface area contributed by atoms with E-state index in [2.05, 4.69) is 14.8 Å². The lowest BCUT2D eigenvalue weighted by molar-refractivity contribution is -0.138. The van der Waals surface area contributed by atoms with Crippen LogP contribution < -0.4 is 0 Å². The lowest BCUT2D eigenvalue weighted by atomic mass is 9.96. The molecule has 1 aromatic heterocycles. The fourth-order valence-electron chi connectivity index (χ4n) is 4.37. The number of alkyl halides is 3. The number of nitrogens with zero attached hydrogens (tertiary/aromatic N) is 4. The molecule has 1 unspecified atom stereocenters. The summed E-state index contributed by atoms with van der Waals surface area (Å²) in [7, 11) is 0. The van der Waals surface area contributed by atoms with Crippen molar-refractivity contribution in [2.75, 3.05) is 13.1 Å². The maximum Gasteiger partial charge on any atom is 0.416 e. The predicted octanol–water partition coefficient (Wildman–Crippen LogP) is 3.97. The lowest BCUT2D eigenvalue weighted by Gasteiger charge is -2.32. The van der Waals surface area contributed by atoms with Crippen LogP contribution in [-0.4, -0.2) is 38.7 Å². The lowest BCUT2D eigenvalue weighted by Crippen LogP contribution is -2.40.